The molecule has 0 spiro atoms. The van der Waals surface area contributed by atoms with Crippen molar-refractivity contribution in [3.63, 3.8) is 0 Å². The number of hydrogen-bond acceptors (Lipinski definition) is 3. The molecule has 3 nitrogen and oxygen atoms in total. The lowest BCUT2D eigenvalue weighted by atomic mass is 10.3. The molecule has 47 valence electrons. The van der Waals surface area contributed by atoms with Crippen molar-refractivity contribution in [3.8, 4) is 0 Å². The van der Waals surface area contributed by atoms with E-state index in [-0.39, 0.29) is 0 Å². The largest absolute Gasteiger partial charge is 0.237 e. The van der Waals surface area contributed by atoms with Gasteiger partial charge in [0.1, 0.15) is 12.5 Å². The Bertz CT molecular complexity index is 280. The highest BCUT2D eigenvalue weighted by atomic mass is 14.9. The summed E-state index contributed by atoms with van der Waals surface area (Å²) in [6.45, 7) is 0. The summed E-state index contributed by atoms with van der Waals surface area (Å²) in [7, 11) is 0. The molecule has 10 heavy (non-hydrogen) atoms. The average Bonchev–Trinajstić information content (AvgIpc) is 2.05. The van der Waals surface area contributed by atoms with Gasteiger partial charge in [-0.3, -0.25) is 0 Å². The first-order chi connectivity index (χ1) is 4.97. The molecule has 2 aromatic heterocycles. The van der Waals surface area contributed by atoms with Gasteiger partial charge in [-0.05, 0) is 12.1 Å². The minimum atomic E-state index is 0.692. The monoisotopic (exact) mass is 130 g/mol. The van der Waals surface area contributed by atoms with Gasteiger partial charge in [-0.2, -0.15) is 0 Å². The van der Waals surface area contributed by atoms with Crippen molar-refractivity contribution < 1.29 is 0 Å². The molecule has 0 saturated carbocycles. The van der Waals surface area contributed by atoms with Gasteiger partial charge < -0.3 is 0 Å². The SMILES string of the molecule is [c]1ncnc2ncccc12. The van der Waals surface area contributed by atoms with Gasteiger partial charge >= 0.3 is 0 Å². The third kappa shape index (κ3) is 0.719. The highest BCUT2D eigenvalue weighted by molar-refractivity contribution is 5.71. The molecule has 0 unspecified atom stereocenters. The maximum absolute atomic E-state index is 4.00. The molecule has 1 radical (unpaired) electrons. The maximum Gasteiger partial charge on any atom is 0.163 e. The Morgan fingerprint density at radius 2 is 2.30 bits per heavy atom. The quantitative estimate of drug-likeness (QED) is 0.530. The van der Waals surface area contributed by atoms with Crippen molar-refractivity contribution in [2.45, 2.75) is 0 Å². The predicted molar refractivity (Wildman–Crippen MR) is 36.2 cm³/mol. The molecule has 0 saturated heterocycles. The number of nitrogens with zero attached hydrogens (tertiary/aromatic N) is 3. The lowest BCUT2D eigenvalue weighted by Gasteiger charge is -1.89. The van der Waals surface area contributed by atoms with Crippen LogP contribution < -0.4 is 0 Å². The second kappa shape index (κ2) is 2.02. The summed E-state index contributed by atoms with van der Waals surface area (Å²) >= 11 is 0. The van der Waals surface area contributed by atoms with Crippen LogP contribution in [-0.2, 0) is 0 Å². The van der Waals surface area contributed by atoms with Crippen molar-refractivity contribution in [3.05, 3.63) is 30.9 Å². The fourth-order valence-electron chi connectivity index (χ4n) is 0.769. The van der Waals surface area contributed by atoms with Gasteiger partial charge in [0.25, 0.3) is 0 Å². The van der Waals surface area contributed by atoms with Crippen molar-refractivity contribution >= 4 is 11.0 Å². The Morgan fingerprint density at radius 3 is 3.20 bits per heavy atom. The Labute approximate surface area is 57.8 Å². The van der Waals surface area contributed by atoms with Gasteiger partial charge in [-0.1, -0.05) is 0 Å². The number of aromatic nitrogens is 3. The van der Waals surface area contributed by atoms with Crippen LogP contribution in [-0.4, -0.2) is 15.0 Å². The Kier molecular flexibility index (Phi) is 1.07. The molecular formula is C7H4N3. The number of fused-ring (bicyclic) bond motifs is 1. The van der Waals surface area contributed by atoms with Crippen molar-refractivity contribution in [2.24, 2.45) is 0 Å². The van der Waals surface area contributed by atoms with E-state index >= 15 is 0 Å². The van der Waals surface area contributed by atoms with Crippen LogP contribution >= 0.6 is 0 Å². The Morgan fingerprint density at radius 1 is 1.30 bits per heavy atom. The predicted octanol–water partition coefficient (Wildman–Crippen LogP) is 0.825. The zero-order chi connectivity index (χ0) is 6.81. The molecule has 0 aliphatic carbocycles. The summed E-state index contributed by atoms with van der Waals surface area (Å²) in [6, 6.07) is 3.71. The first-order valence-electron chi connectivity index (χ1n) is 2.90. The summed E-state index contributed by atoms with van der Waals surface area (Å²) in [4.78, 5) is 11.7. The van der Waals surface area contributed by atoms with Gasteiger partial charge in [-0.15, -0.1) is 0 Å². The molecule has 0 bridgehead atoms. The summed E-state index contributed by atoms with van der Waals surface area (Å²) in [5, 5.41) is 0.852. The minimum absolute atomic E-state index is 0.692. The lowest BCUT2D eigenvalue weighted by molar-refractivity contribution is 1.17. The Hall–Kier alpha value is -1.51. The van der Waals surface area contributed by atoms with E-state index in [0.29, 0.717) is 5.65 Å². The second-order valence-electron chi connectivity index (χ2n) is 1.86. The van der Waals surface area contributed by atoms with Gasteiger partial charge in [0.2, 0.25) is 0 Å². The van der Waals surface area contributed by atoms with E-state index in [4.69, 9.17) is 0 Å². The van der Waals surface area contributed by atoms with Gasteiger partial charge in [0.15, 0.2) is 5.65 Å². The molecule has 0 amide bonds. The lowest BCUT2D eigenvalue weighted by Crippen LogP contribution is -1.82. The van der Waals surface area contributed by atoms with E-state index in [0.717, 1.165) is 5.39 Å². The first-order valence-corrected chi connectivity index (χ1v) is 2.90. The summed E-state index contributed by atoms with van der Waals surface area (Å²) in [5.74, 6) is 0. The molecule has 0 aliphatic rings. The molecule has 0 aliphatic heterocycles. The van der Waals surface area contributed by atoms with Crippen LogP contribution in [0.2, 0.25) is 0 Å². The fraction of sp³-hybridized carbons (Fsp3) is 0. The van der Waals surface area contributed by atoms with Crippen LogP contribution in [0.1, 0.15) is 0 Å². The molecule has 0 aromatic carbocycles. The van der Waals surface area contributed by atoms with E-state index in [1.807, 2.05) is 12.1 Å². The van der Waals surface area contributed by atoms with E-state index < -0.39 is 0 Å². The molecule has 0 fully saturated rings. The molecule has 2 aromatic rings. The fourth-order valence-corrected chi connectivity index (χ4v) is 0.769. The molecule has 0 atom stereocenters. The van der Waals surface area contributed by atoms with Crippen LogP contribution in [0, 0.1) is 6.20 Å². The Balaban J connectivity index is 2.89. The normalized spacial score (nSPS) is 10.0. The highest BCUT2D eigenvalue weighted by Gasteiger charge is 1.90. The van der Waals surface area contributed by atoms with Crippen LogP contribution in [0.3, 0.4) is 0 Å². The van der Waals surface area contributed by atoms with Crippen LogP contribution in [0.5, 0.6) is 0 Å². The molecule has 3 heteroatoms. The molecular weight excluding hydrogens is 126 g/mol. The third-order valence-electron chi connectivity index (χ3n) is 1.21. The highest BCUT2D eigenvalue weighted by Crippen LogP contribution is 2.01. The number of pyridine rings is 1. The third-order valence-corrected chi connectivity index (χ3v) is 1.21. The van der Waals surface area contributed by atoms with Crippen molar-refractivity contribution in [1.82, 2.24) is 15.0 Å². The zero-order valence-corrected chi connectivity index (χ0v) is 5.15. The first kappa shape index (κ1) is 5.29. The van der Waals surface area contributed by atoms with E-state index in [1.54, 1.807) is 6.20 Å². The van der Waals surface area contributed by atoms with E-state index in [9.17, 15) is 0 Å². The van der Waals surface area contributed by atoms with E-state index in [2.05, 4.69) is 21.1 Å². The molecule has 2 rings (SSSR count). The van der Waals surface area contributed by atoms with Crippen LogP contribution in [0.25, 0.3) is 11.0 Å². The smallest absolute Gasteiger partial charge is 0.163 e. The number of hydrogen-bond donors (Lipinski definition) is 0. The van der Waals surface area contributed by atoms with Crippen molar-refractivity contribution in [1.29, 1.82) is 0 Å². The standard InChI is InChI=1S/C7H4N3/c1-2-6-4-8-5-10-7(6)9-3-1/h1-3,5H. The van der Waals surface area contributed by atoms with Crippen LogP contribution in [0.15, 0.2) is 24.7 Å². The summed E-state index contributed by atoms with van der Waals surface area (Å²) in [5.41, 5.74) is 0.692. The maximum atomic E-state index is 4.00. The second-order valence-corrected chi connectivity index (χ2v) is 1.86. The topological polar surface area (TPSA) is 38.7 Å². The van der Waals surface area contributed by atoms with E-state index in [1.165, 1.54) is 6.33 Å². The molecule has 2 heterocycles. The zero-order valence-electron chi connectivity index (χ0n) is 5.15. The van der Waals surface area contributed by atoms with Gasteiger partial charge in [0.05, 0.1) is 0 Å². The average molecular weight is 130 g/mol. The minimum Gasteiger partial charge on any atom is -0.237 e. The van der Waals surface area contributed by atoms with Crippen molar-refractivity contribution in [2.75, 3.05) is 0 Å². The summed E-state index contributed by atoms with van der Waals surface area (Å²) in [6.07, 6.45) is 5.91. The van der Waals surface area contributed by atoms with Gasteiger partial charge in [-0.25, -0.2) is 15.0 Å². The van der Waals surface area contributed by atoms with Crippen LogP contribution in [0.4, 0.5) is 0 Å². The summed E-state index contributed by atoms with van der Waals surface area (Å²) < 4.78 is 0. The molecule has 0 N–H and O–H groups in total. The van der Waals surface area contributed by atoms with Gasteiger partial charge in [0, 0.05) is 11.6 Å². The number of rotatable bonds is 0.